The quantitative estimate of drug-likeness (QED) is 0.845. The van der Waals surface area contributed by atoms with Crippen LogP contribution in [0.3, 0.4) is 0 Å². The van der Waals surface area contributed by atoms with Gasteiger partial charge in [-0.1, -0.05) is 24.3 Å². The van der Waals surface area contributed by atoms with E-state index in [-0.39, 0.29) is 6.10 Å². The lowest BCUT2D eigenvalue weighted by Crippen LogP contribution is -2.23. The summed E-state index contributed by atoms with van der Waals surface area (Å²) in [6.45, 7) is 3.15. The molecule has 3 heteroatoms. The molecule has 0 bridgehead atoms. The monoisotopic (exact) mass is 242 g/mol. The van der Waals surface area contributed by atoms with Gasteiger partial charge in [0.2, 0.25) is 0 Å². The van der Waals surface area contributed by atoms with Crippen molar-refractivity contribution < 1.29 is 5.11 Å². The number of aliphatic hydroxyl groups excluding tert-OH is 1. The van der Waals surface area contributed by atoms with Crippen molar-refractivity contribution >= 4 is 0 Å². The highest BCUT2D eigenvalue weighted by molar-refractivity contribution is 5.62. The molecule has 2 rings (SSSR count). The fourth-order valence-corrected chi connectivity index (χ4v) is 1.82. The second-order valence-electron chi connectivity index (χ2n) is 4.42. The van der Waals surface area contributed by atoms with Crippen molar-refractivity contribution in [2.24, 2.45) is 0 Å². The Kier molecular flexibility index (Phi) is 4.45. The first-order valence-corrected chi connectivity index (χ1v) is 6.14. The Bertz CT molecular complexity index is 483. The van der Waals surface area contributed by atoms with Gasteiger partial charge in [-0.25, -0.2) is 0 Å². The summed E-state index contributed by atoms with van der Waals surface area (Å²) in [5.74, 6) is 0. The van der Waals surface area contributed by atoms with Gasteiger partial charge in [0.25, 0.3) is 0 Å². The molecular formula is C15H18N2O. The number of aliphatic hydroxyl groups is 1. The van der Waals surface area contributed by atoms with Crippen molar-refractivity contribution in [3.05, 3.63) is 54.4 Å². The molecule has 3 nitrogen and oxygen atoms in total. The maximum Gasteiger partial charge on any atom is 0.0636 e. The number of aromatic nitrogens is 1. The lowest BCUT2D eigenvalue weighted by atomic mass is 10.0. The molecular weight excluding hydrogens is 224 g/mol. The summed E-state index contributed by atoms with van der Waals surface area (Å²) in [5, 5.41) is 12.4. The zero-order valence-corrected chi connectivity index (χ0v) is 10.5. The Labute approximate surface area is 108 Å². The van der Waals surface area contributed by atoms with Gasteiger partial charge >= 0.3 is 0 Å². The van der Waals surface area contributed by atoms with Crippen LogP contribution in [-0.4, -0.2) is 22.7 Å². The van der Waals surface area contributed by atoms with E-state index in [1.54, 1.807) is 13.1 Å². The number of nitrogens with one attached hydrogen (secondary N) is 1. The normalized spacial score (nSPS) is 12.3. The first kappa shape index (κ1) is 12.7. The summed E-state index contributed by atoms with van der Waals surface area (Å²) in [6, 6.07) is 12.3. The molecule has 0 unspecified atom stereocenters. The lowest BCUT2D eigenvalue weighted by molar-refractivity contribution is 0.191. The summed E-state index contributed by atoms with van der Waals surface area (Å²) < 4.78 is 0. The fourth-order valence-electron chi connectivity index (χ4n) is 1.82. The molecule has 18 heavy (non-hydrogen) atoms. The van der Waals surface area contributed by atoms with Crippen LogP contribution in [0.1, 0.15) is 12.5 Å². The molecule has 2 N–H and O–H groups in total. The van der Waals surface area contributed by atoms with Gasteiger partial charge in [0.05, 0.1) is 6.10 Å². The molecule has 2 aromatic rings. The van der Waals surface area contributed by atoms with E-state index in [1.165, 1.54) is 11.1 Å². The first-order chi connectivity index (χ1) is 8.75. The predicted octanol–water partition coefficient (Wildman–Crippen LogP) is 2.22. The SMILES string of the molecule is C[C@H](O)CNCc1cccc(-c2cccnc2)c1. The van der Waals surface area contributed by atoms with Crippen LogP contribution in [0.5, 0.6) is 0 Å². The summed E-state index contributed by atoms with van der Waals surface area (Å²) in [4.78, 5) is 4.13. The van der Waals surface area contributed by atoms with Crippen LogP contribution in [0, 0.1) is 0 Å². The van der Waals surface area contributed by atoms with Gasteiger partial charge in [-0.05, 0) is 35.7 Å². The van der Waals surface area contributed by atoms with Gasteiger partial charge in [0.1, 0.15) is 0 Å². The van der Waals surface area contributed by atoms with Crippen molar-refractivity contribution in [3.63, 3.8) is 0 Å². The van der Waals surface area contributed by atoms with E-state index in [0.29, 0.717) is 6.54 Å². The minimum absolute atomic E-state index is 0.313. The van der Waals surface area contributed by atoms with Gasteiger partial charge in [-0.3, -0.25) is 4.98 Å². The van der Waals surface area contributed by atoms with Gasteiger partial charge < -0.3 is 10.4 Å². The second-order valence-corrected chi connectivity index (χ2v) is 4.42. The van der Waals surface area contributed by atoms with Crippen LogP contribution >= 0.6 is 0 Å². The first-order valence-electron chi connectivity index (χ1n) is 6.14. The van der Waals surface area contributed by atoms with E-state index in [2.05, 4.69) is 34.6 Å². The number of hydrogen-bond acceptors (Lipinski definition) is 3. The highest BCUT2D eigenvalue weighted by Crippen LogP contribution is 2.18. The minimum Gasteiger partial charge on any atom is -0.392 e. The molecule has 0 aliphatic carbocycles. The molecule has 0 radical (unpaired) electrons. The molecule has 0 fully saturated rings. The van der Waals surface area contributed by atoms with Gasteiger partial charge in [-0.15, -0.1) is 0 Å². The largest absolute Gasteiger partial charge is 0.392 e. The number of benzene rings is 1. The molecule has 1 atom stereocenters. The summed E-state index contributed by atoms with van der Waals surface area (Å²) >= 11 is 0. The third-order valence-corrected chi connectivity index (χ3v) is 2.69. The molecule has 0 amide bonds. The van der Waals surface area contributed by atoms with E-state index in [9.17, 15) is 5.11 Å². The van der Waals surface area contributed by atoms with Crippen LogP contribution in [-0.2, 0) is 6.54 Å². The minimum atomic E-state index is -0.313. The van der Waals surface area contributed by atoms with E-state index in [0.717, 1.165) is 12.1 Å². The molecule has 0 saturated heterocycles. The smallest absolute Gasteiger partial charge is 0.0636 e. The van der Waals surface area contributed by atoms with Crippen LogP contribution in [0.2, 0.25) is 0 Å². The van der Waals surface area contributed by atoms with E-state index >= 15 is 0 Å². The number of nitrogens with zero attached hydrogens (tertiary/aromatic N) is 1. The van der Waals surface area contributed by atoms with Crippen LogP contribution in [0.15, 0.2) is 48.8 Å². The van der Waals surface area contributed by atoms with Crippen molar-refractivity contribution in [2.45, 2.75) is 19.6 Å². The van der Waals surface area contributed by atoms with Crippen LogP contribution in [0.25, 0.3) is 11.1 Å². The average molecular weight is 242 g/mol. The molecule has 1 aromatic heterocycles. The van der Waals surface area contributed by atoms with Crippen LogP contribution in [0.4, 0.5) is 0 Å². The molecule has 0 aliphatic heterocycles. The molecule has 0 spiro atoms. The molecule has 0 aliphatic rings. The fraction of sp³-hybridized carbons (Fsp3) is 0.267. The van der Waals surface area contributed by atoms with Gasteiger partial charge in [0, 0.05) is 25.5 Å². The van der Waals surface area contributed by atoms with Crippen LogP contribution < -0.4 is 5.32 Å². The average Bonchev–Trinajstić information content (AvgIpc) is 2.40. The van der Waals surface area contributed by atoms with Gasteiger partial charge in [0.15, 0.2) is 0 Å². The summed E-state index contributed by atoms with van der Waals surface area (Å²) in [5.41, 5.74) is 3.49. The molecule has 1 aromatic carbocycles. The summed E-state index contributed by atoms with van der Waals surface area (Å²) in [7, 11) is 0. The molecule has 1 heterocycles. The Morgan fingerprint density at radius 3 is 2.78 bits per heavy atom. The molecule has 94 valence electrons. The van der Waals surface area contributed by atoms with E-state index in [4.69, 9.17) is 0 Å². The second kappa shape index (κ2) is 6.28. The third-order valence-electron chi connectivity index (χ3n) is 2.69. The Balaban J connectivity index is 2.06. The Morgan fingerprint density at radius 1 is 1.22 bits per heavy atom. The number of rotatable bonds is 5. The predicted molar refractivity (Wildman–Crippen MR) is 73.1 cm³/mol. The Hall–Kier alpha value is -1.71. The van der Waals surface area contributed by atoms with Crippen molar-refractivity contribution in [1.29, 1.82) is 0 Å². The van der Waals surface area contributed by atoms with E-state index < -0.39 is 0 Å². The zero-order chi connectivity index (χ0) is 12.8. The maximum atomic E-state index is 9.19. The highest BCUT2D eigenvalue weighted by atomic mass is 16.3. The molecule has 0 saturated carbocycles. The van der Waals surface area contributed by atoms with Crippen molar-refractivity contribution in [1.82, 2.24) is 10.3 Å². The van der Waals surface area contributed by atoms with Crippen molar-refractivity contribution in [2.75, 3.05) is 6.54 Å². The Morgan fingerprint density at radius 2 is 2.06 bits per heavy atom. The summed E-state index contributed by atoms with van der Waals surface area (Å²) in [6.07, 6.45) is 3.33. The zero-order valence-electron chi connectivity index (χ0n) is 10.5. The third kappa shape index (κ3) is 3.65. The van der Waals surface area contributed by atoms with Crippen molar-refractivity contribution in [3.8, 4) is 11.1 Å². The van der Waals surface area contributed by atoms with Gasteiger partial charge in [-0.2, -0.15) is 0 Å². The highest BCUT2D eigenvalue weighted by Gasteiger charge is 2.00. The van der Waals surface area contributed by atoms with E-state index in [1.807, 2.05) is 18.3 Å². The standard InChI is InChI=1S/C15H18N2O/c1-12(18)9-17-10-13-4-2-5-14(8-13)15-6-3-7-16-11-15/h2-8,11-12,17-18H,9-10H2,1H3/t12-/m0/s1. The number of hydrogen-bond donors (Lipinski definition) is 2. The lowest BCUT2D eigenvalue weighted by Gasteiger charge is -2.08. The number of pyridine rings is 1. The topological polar surface area (TPSA) is 45.1 Å². The maximum absolute atomic E-state index is 9.19.